The van der Waals surface area contributed by atoms with Crippen LogP contribution in [0.1, 0.15) is 35.9 Å². The Bertz CT molecular complexity index is 1370. The van der Waals surface area contributed by atoms with Gasteiger partial charge >= 0.3 is 0 Å². The number of nitrogen functional groups attached to an aromatic ring is 1. The second-order valence-corrected chi connectivity index (χ2v) is 7.60. The average Bonchev–Trinajstić information content (AvgIpc) is 3.18. The normalized spacial score (nSPS) is 12.2. The fourth-order valence-corrected chi connectivity index (χ4v) is 3.90. The van der Waals surface area contributed by atoms with E-state index in [1.807, 2.05) is 37.3 Å². The predicted molar refractivity (Wildman–Crippen MR) is 122 cm³/mol. The molecule has 1 atom stereocenters. The lowest BCUT2D eigenvalue weighted by Gasteiger charge is -2.15. The number of nitrogens with two attached hydrogens (primary N) is 2. The number of benzene rings is 1. The van der Waals surface area contributed by atoms with Crippen molar-refractivity contribution in [1.82, 2.24) is 19.2 Å². The summed E-state index contributed by atoms with van der Waals surface area (Å²) in [7, 11) is 0. The van der Waals surface area contributed by atoms with Gasteiger partial charge in [0.25, 0.3) is 11.5 Å². The predicted octanol–water partition coefficient (Wildman–Crippen LogP) is 2.02. The number of hydrogen-bond donors (Lipinski definition) is 3. The Kier molecular flexibility index (Phi) is 5.50. The van der Waals surface area contributed by atoms with Gasteiger partial charge in [-0.05, 0) is 36.6 Å². The topological polar surface area (TPSA) is 142 Å². The molecule has 1 aromatic carbocycles. The molecule has 5 N–H and O–H groups in total. The molecule has 0 aliphatic carbocycles. The third-order valence-electron chi connectivity index (χ3n) is 5.63. The number of carbonyl (C=O) groups excluding carboxylic acids is 1. The Balaban J connectivity index is 1.83. The van der Waals surface area contributed by atoms with Gasteiger partial charge in [-0.3, -0.25) is 9.59 Å². The van der Waals surface area contributed by atoms with Crippen LogP contribution in [-0.2, 0) is 6.42 Å². The minimum absolute atomic E-state index is 0.110. The fourth-order valence-electron chi connectivity index (χ4n) is 3.90. The van der Waals surface area contributed by atoms with Crippen LogP contribution < -0.4 is 17.0 Å². The summed E-state index contributed by atoms with van der Waals surface area (Å²) in [4.78, 5) is 29.1. The van der Waals surface area contributed by atoms with E-state index in [-0.39, 0.29) is 12.2 Å². The highest BCUT2D eigenvalue weighted by Gasteiger charge is 2.19. The molecule has 0 radical (unpaired) electrons. The molecule has 0 bridgehead atoms. The number of rotatable bonds is 6. The molecule has 0 fully saturated rings. The third kappa shape index (κ3) is 3.42. The van der Waals surface area contributed by atoms with Crippen molar-refractivity contribution >= 4 is 17.2 Å². The van der Waals surface area contributed by atoms with E-state index in [1.165, 1.54) is 10.9 Å². The Morgan fingerprint density at radius 1 is 1.16 bits per heavy atom. The average molecular weight is 432 g/mol. The Morgan fingerprint density at radius 2 is 1.81 bits per heavy atom. The summed E-state index contributed by atoms with van der Waals surface area (Å²) in [5, 5.41) is 13.7. The van der Waals surface area contributed by atoms with E-state index in [2.05, 4.69) is 10.1 Å². The minimum Gasteiger partial charge on any atom is -0.394 e. The molecule has 4 rings (SSSR count). The number of carbonyl (C=O) groups is 1. The van der Waals surface area contributed by atoms with Crippen LogP contribution in [0.25, 0.3) is 27.8 Å². The monoisotopic (exact) mass is 432 g/mol. The second-order valence-electron chi connectivity index (χ2n) is 7.60. The molecule has 0 aliphatic rings. The maximum absolute atomic E-state index is 12.8. The number of amides is 1. The fraction of sp³-hybridized carbons (Fsp3) is 0.217. The molecule has 3 heterocycles. The van der Waals surface area contributed by atoms with Crippen molar-refractivity contribution < 1.29 is 9.90 Å². The quantitative estimate of drug-likeness (QED) is 0.426. The number of aliphatic hydroxyl groups is 1. The number of aliphatic hydroxyl groups excluding tert-OH is 1. The summed E-state index contributed by atoms with van der Waals surface area (Å²) in [5.41, 5.74) is 15.7. The number of fused-ring (bicyclic) bond motifs is 1. The molecule has 9 nitrogen and oxygen atoms in total. The largest absolute Gasteiger partial charge is 0.394 e. The van der Waals surface area contributed by atoms with Gasteiger partial charge in [-0.2, -0.15) is 5.10 Å². The first-order valence-corrected chi connectivity index (χ1v) is 10.2. The van der Waals surface area contributed by atoms with Gasteiger partial charge in [0.05, 0.1) is 12.6 Å². The van der Waals surface area contributed by atoms with Crippen molar-refractivity contribution in [1.29, 1.82) is 0 Å². The van der Waals surface area contributed by atoms with Gasteiger partial charge in [0, 0.05) is 23.0 Å². The van der Waals surface area contributed by atoms with Crippen LogP contribution in [0.5, 0.6) is 0 Å². The molecule has 32 heavy (non-hydrogen) atoms. The first-order chi connectivity index (χ1) is 15.4. The summed E-state index contributed by atoms with van der Waals surface area (Å²) in [6.45, 7) is 3.49. The molecule has 0 aliphatic heterocycles. The van der Waals surface area contributed by atoms with Crippen molar-refractivity contribution in [2.45, 2.75) is 26.3 Å². The summed E-state index contributed by atoms with van der Waals surface area (Å²) >= 11 is 0. The van der Waals surface area contributed by atoms with Gasteiger partial charge < -0.3 is 21.1 Å². The van der Waals surface area contributed by atoms with Crippen molar-refractivity contribution in [3.05, 3.63) is 70.5 Å². The van der Waals surface area contributed by atoms with Gasteiger partial charge in [0.15, 0.2) is 5.82 Å². The number of anilines is 1. The first kappa shape index (κ1) is 21.3. The van der Waals surface area contributed by atoms with E-state index in [1.54, 1.807) is 23.7 Å². The van der Waals surface area contributed by atoms with Crippen molar-refractivity contribution in [3.8, 4) is 22.3 Å². The highest BCUT2D eigenvalue weighted by molar-refractivity contribution is 5.99. The van der Waals surface area contributed by atoms with Crippen LogP contribution >= 0.6 is 0 Å². The molecular weight excluding hydrogens is 408 g/mol. The number of nitrogens with zero attached hydrogens (tertiary/aromatic N) is 4. The molecule has 0 saturated carbocycles. The maximum Gasteiger partial charge on any atom is 0.264 e. The van der Waals surface area contributed by atoms with Gasteiger partial charge in [0.2, 0.25) is 0 Å². The Labute approximate surface area is 183 Å². The third-order valence-corrected chi connectivity index (χ3v) is 5.63. The molecule has 0 saturated heterocycles. The van der Waals surface area contributed by atoms with Gasteiger partial charge in [0.1, 0.15) is 17.4 Å². The highest BCUT2D eigenvalue weighted by Crippen LogP contribution is 2.32. The lowest BCUT2D eigenvalue weighted by Crippen LogP contribution is -2.32. The summed E-state index contributed by atoms with van der Waals surface area (Å²) in [6, 6.07) is 10.7. The lowest BCUT2D eigenvalue weighted by molar-refractivity contribution is 0.0998. The summed E-state index contributed by atoms with van der Waals surface area (Å²) < 4.78 is 3.10. The maximum atomic E-state index is 12.8. The number of aryl methyl sites for hydroxylation is 1. The highest BCUT2D eigenvalue weighted by atomic mass is 16.3. The van der Waals surface area contributed by atoms with Crippen molar-refractivity contribution in [2.24, 2.45) is 5.73 Å². The molecule has 3 aromatic heterocycles. The van der Waals surface area contributed by atoms with Crippen LogP contribution in [0.4, 0.5) is 5.82 Å². The number of pyridine rings is 1. The van der Waals surface area contributed by atoms with Crippen LogP contribution in [0.3, 0.4) is 0 Å². The van der Waals surface area contributed by atoms with E-state index in [9.17, 15) is 14.7 Å². The van der Waals surface area contributed by atoms with Crippen LogP contribution in [-0.4, -0.2) is 36.8 Å². The van der Waals surface area contributed by atoms with Crippen LogP contribution in [0.2, 0.25) is 0 Å². The molecule has 4 aromatic rings. The molecule has 1 amide bonds. The molecule has 0 unspecified atom stereocenters. The van der Waals surface area contributed by atoms with Crippen LogP contribution in [0.15, 0.2) is 53.7 Å². The number of primary amides is 1. The minimum atomic E-state index is -0.815. The smallest absolute Gasteiger partial charge is 0.264 e. The SMILES string of the molecule is CCc1cc(-c2ccc(-c3ccn([C@H](C)CO)c(=O)c3C(N)=O)cc2)c2c(N)ncnn12. The van der Waals surface area contributed by atoms with Crippen LogP contribution in [0, 0.1) is 0 Å². The molecule has 164 valence electrons. The van der Waals surface area contributed by atoms with E-state index in [0.717, 1.165) is 28.8 Å². The van der Waals surface area contributed by atoms with E-state index >= 15 is 0 Å². The molecular formula is C23H24N6O3. The van der Waals surface area contributed by atoms with E-state index in [0.29, 0.717) is 16.9 Å². The second kappa shape index (κ2) is 8.27. The van der Waals surface area contributed by atoms with E-state index in [4.69, 9.17) is 11.5 Å². The Morgan fingerprint density at radius 3 is 2.41 bits per heavy atom. The van der Waals surface area contributed by atoms with E-state index < -0.39 is 17.5 Å². The zero-order chi connectivity index (χ0) is 23.0. The Hall–Kier alpha value is -3.98. The first-order valence-electron chi connectivity index (χ1n) is 10.2. The van der Waals surface area contributed by atoms with Gasteiger partial charge in [-0.25, -0.2) is 9.50 Å². The molecule has 9 heteroatoms. The van der Waals surface area contributed by atoms with Crippen molar-refractivity contribution in [2.75, 3.05) is 12.3 Å². The molecule has 0 spiro atoms. The van der Waals surface area contributed by atoms with Crippen molar-refractivity contribution in [3.63, 3.8) is 0 Å². The summed E-state index contributed by atoms with van der Waals surface area (Å²) in [6.07, 6.45) is 3.77. The van der Waals surface area contributed by atoms with Gasteiger partial charge in [-0.1, -0.05) is 31.2 Å². The summed E-state index contributed by atoms with van der Waals surface area (Å²) in [5.74, 6) is -0.430. The number of aromatic nitrogens is 4. The van der Waals surface area contributed by atoms with Gasteiger partial charge in [-0.15, -0.1) is 0 Å². The standard InChI is InChI=1S/C23H24N6O3/c1-3-16-10-18(20-21(24)26-12-27-29(16)20)15-6-4-14(5-7-15)17-8-9-28(13(2)11-30)23(32)19(17)22(25)31/h4-10,12-13,30H,3,11H2,1-2H3,(H2,25,31)(H2,24,26,27)/t13-/m1/s1. The lowest BCUT2D eigenvalue weighted by atomic mass is 9.97. The number of hydrogen-bond acceptors (Lipinski definition) is 6. The zero-order valence-corrected chi connectivity index (χ0v) is 17.8. The zero-order valence-electron chi connectivity index (χ0n) is 17.8.